The molecule has 0 aliphatic carbocycles. The topological polar surface area (TPSA) is 67.3 Å². The summed E-state index contributed by atoms with van der Waals surface area (Å²) in [6.07, 6.45) is 1.89. The highest BCUT2D eigenvalue weighted by Crippen LogP contribution is 2.27. The van der Waals surface area contributed by atoms with Crippen LogP contribution in [0.2, 0.25) is 0 Å². The van der Waals surface area contributed by atoms with E-state index in [1.807, 2.05) is 36.4 Å². The van der Waals surface area contributed by atoms with Gasteiger partial charge in [0.25, 0.3) is 0 Å². The molecule has 0 radical (unpaired) electrons. The first-order valence-electron chi connectivity index (χ1n) is 7.16. The van der Waals surface area contributed by atoms with Crippen LogP contribution in [0.5, 0.6) is 0 Å². The molecule has 0 spiro atoms. The first kappa shape index (κ1) is 16.0. The minimum atomic E-state index is -3.61. The minimum absolute atomic E-state index is 0.129. The molecule has 5 nitrogen and oxygen atoms in total. The van der Waals surface area contributed by atoms with E-state index in [1.165, 1.54) is 4.90 Å². The fraction of sp³-hybridized carbons (Fsp3) is 0.250. The Balaban J connectivity index is 1.76. The largest absolute Gasteiger partial charge is 0.296 e. The number of anilines is 1. The second-order valence-corrected chi connectivity index (χ2v) is 8.37. The fourth-order valence-corrected chi connectivity index (χ4v) is 4.06. The summed E-state index contributed by atoms with van der Waals surface area (Å²) in [4.78, 5) is 17.9. The van der Waals surface area contributed by atoms with E-state index in [9.17, 15) is 13.2 Å². The number of hydrogen-bond donors (Lipinski definition) is 0. The molecule has 1 amide bonds. The van der Waals surface area contributed by atoms with E-state index in [4.69, 9.17) is 10.7 Å². The van der Waals surface area contributed by atoms with E-state index in [0.717, 1.165) is 11.1 Å². The third-order valence-corrected chi connectivity index (χ3v) is 5.02. The van der Waals surface area contributed by atoms with Crippen molar-refractivity contribution in [2.45, 2.75) is 6.42 Å². The summed E-state index contributed by atoms with van der Waals surface area (Å²) in [5.41, 5.74) is 2.01. The Hall–Kier alpha value is -1.92. The number of carbonyl (C=O) groups excluding carboxylic acids is 1. The summed E-state index contributed by atoms with van der Waals surface area (Å²) < 4.78 is 22.3. The molecule has 23 heavy (non-hydrogen) atoms. The van der Waals surface area contributed by atoms with Crippen molar-refractivity contribution in [3.8, 4) is 11.1 Å². The van der Waals surface area contributed by atoms with Crippen molar-refractivity contribution < 1.29 is 13.2 Å². The summed E-state index contributed by atoms with van der Waals surface area (Å²) in [5.74, 6) is -0.0844. The van der Waals surface area contributed by atoms with Gasteiger partial charge in [-0.3, -0.25) is 9.69 Å². The van der Waals surface area contributed by atoms with Crippen LogP contribution in [0.25, 0.3) is 11.1 Å². The number of benzene rings is 1. The van der Waals surface area contributed by atoms with Crippen LogP contribution in [0, 0.1) is 5.92 Å². The number of rotatable bonds is 4. The Bertz CT molecular complexity index is 807. The maximum Gasteiger partial charge on any atom is 0.232 e. The van der Waals surface area contributed by atoms with Crippen molar-refractivity contribution in [1.82, 2.24) is 4.98 Å². The zero-order chi connectivity index (χ0) is 16.4. The van der Waals surface area contributed by atoms with Crippen LogP contribution in [-0.2, 0) is 13.8 Å². The number of hydrogen-bond acceptors (Lipinski definition) is 4. The molecule has 7 heteroatoms. The third kappa shape index (κ3) is 3.89. The summed E-state index contributed by atoms with van der Waals surface area (Å²) in [5, 5.41) is 0. The van der Waals surface area contributed by atoms with Crippen LogP contribution in [-0.4, -0.2) is 31.6 Å². The normalized spacial score (nSPS) is 18.4. The Labute approximate surface area is 139 Å². The summed E-state index contributed by atoms with van der Waals surface area (Å²) in [7, 11) is 1.66. The lowest BCUT2D eigenvalue weighted by Crippen LogP contribution is -2.26. The van der Waals surface area contributed by atoms with Gasteiger partial charge >= 0.3 is 0 Å². The second-order valence-electron chi connectivity index (χ2n) is 5.55. The molecule has 2 aromatic rings. The Morgan fingerprint density at radius 3 is 2.48 bits per heavy atom. The van der Waals surface area contributed by atoms with Gasteiger partial charge in [-0.15, -0.1) is 0 Å². The fourth-order valence-electron chi connectivity index (χ4n) is 2.74. The van der Waals surface area contributed by atoms with Gasteiger partial charge in [0, 0.05) is 41.3 Å². The van der Waals surface area contributed by atoms with Crippen LogP contribution < -0.4 is 4.90 Å². The highest BCUT2D eigenvalue weighted by Gasteiger charge is 2.33. The quantitative estimate of drug-likeness (QED) is 0.795. The van der Waals surface area contributed by atoms with E-state index < -0.39 is 9.05 Å². The average molecular weight is 351 g/mol. The van der Waals surface area contributed by atoms with Crippen LogP contribution in [0.15, 0.2) is 48.7 Å². The van der Waals surface area contributed by atoms with E-state index in [2.05, 4.69) is 4.98 Å². The average Bonchev–Trinajstić information content (AvgIpc) is 2.87. The SMILES string of the molecule is O=C1CC(CS(=O)(=O)Cl)CN1c1ccc(-c2ccccc2)cn1. The molecule has 1 aliphatic rings. The standard InChI is InChI=1S/C16H15ClN2O3S/c17-23(21,22)11-12-8-16(20)19(10-12)15-7-6-14(9-18-15)13-4-2-1-3-5-13/h1-7,9,12H,8,10-11H2. The number of amides is 1. The first-order valence-corrected chi connectivity index (χ1v) is 9.64. The van der Waals surface area contributed by atoms with Crippen molar-refractivity contribution in [1.29, 1.82) is 0 Å². The van der Waals surface area contributed by atoms with Crippen molar-refractivity contribution in [2.24, 2.45) is 5.92 Å². The Morgan fingerprint density at radius 2 is 1.87 bits per heavy atom. The van der Waals surface area contributed by atoms with E-state index in [1.54, 1.807) is 12.3 Å². The van der Waals surface area contributed by atoms with Crippen LogP contribution in [0.4, 0.5) is 5.82 Å². The highest BCUT2D eigenvalue weighted by molar-refractivity contribution is 8.13. The molecule has 0 saturated carbocycles. The molecule has 1 atom stereocenters. The molecule has 3 rings (SSSR count). The molecule has 2 heterocycles. The van der Waals surface area contributed by atoms with Gasteiger partial charge in [-0.1, -0.05) is 30.3 Å². The summed E-state index contributed by atoms with van der Waals surface area (Å²) in [6, 6.07) is 13.5. The first-order chi connectivity index (χ1) is 10.9. The highest BCUT2D eigenvalue weighted by atomic mass is 35.7. The monoisotopic (exact) mass is 350 g/mol. The van der Waals surface area contributed by atoms with E-state index >= 15 is 0 Å². The Morgan fingerprint density at radius 1 is 1.13 bits per heavy atom. The van der Waals surface area contributed by atoms with Gasteiger partial charge in [-0.25, -0.2) is 13.4 Å². The lowest BCUT2D eigenvalue weighted by atomic mass is 10.1. The number of carbonyl (C=O) groups is 1. The molecule has 1 unspecified atom stereocenters. The van der Waals surface area contributed by atoms with Gasteiger partial charge < -0.3 is 0 Å². The zero-order valence-electron chi connectivity index (χ0n) is 12.2. The van der Waals surface area contributed by atoms with Crippen LogP contribution in [0.3, 0.4) is 0 Å². The van der Waals surface area contributed by atoms with Gasteiger partial charge in [0.05, 0.1) is 5.75 Å². The molecule has 1 aliphatic heterocycles. The third-order valence-electron chi connectivity index (χ3n) is 3.77. The molecule has 1 aromatic carbocycles. The molecule has 120 valence electrons. The minimum Gasteiger partial charge on any atom is -0.296 e. The zero-order valence-corrected chi connectivity index (χ0v) is 13.8. The van der Waals surface area contributed by atoms with Crippen LogP contribution in [0.1, 0.15) is 6.42 Å². The molecular weight excluding hydrogens is 336 g/mol. The number of halogens is 1. The number of aromatic nitrogens is 1. The van der Waals surface area contributed by atoms with Gasteiger partial charge in [0.1, 0.15) is 5.82 Å². The van der Waals surface area contributed by atoms with E-state index in [0.29, 0.717) is 12.4 Å². The second kappa shape index (κ2) is 6.29. The number of pyridine rings is 1. The molecular formula is C16H15ClN2O3S. The van der Waals surface area contributed by atoms with Crippen LogP contribution >= 0.6 is 10.7 Å². The molecule has 1 fully saturated rings. The van der Waals surface area contributed by atoms with Crippen molar-refractivity contribution in [3.05, 3.63) is 48.7 Å². The van der Waals surface area contributed by atoms with Crippen molar-refractivity contribution in [3.63, 3.8) is 0 Å². The molecule has 0 bridgehead atoms. The summed E-state index contributed by atoms with van der Waals surface area (Å²) >= 11 is 0. The van der Waals surface area contributed by atoms with Gasteiger partial charge in [-0.2, -0.15) is 0 Å². The van der Waals surface area contributed by atoms with Gasteiger partial charge in [0.2, 0.25) is 15.0 Å². The predicted molar refractivity (Wildman–Crippen MR) is 89.8 cm³/mol. The van der Waals surface area contributed by atoms with Gasteiger partial charge in [-0.05, 0) is 17.7 Å². The Kier molecular flexibility index (Phi) is 4.37. The molecule has 1 aromatic heterocycles. The maximum atomic E-state index is 12.1. The van der Waals surface area contributed by atoms with E-state index in [-0.39, 0.29) is 24.0 Å². The molecule has 1 saturated heterocycles. The lowest BCUT2D eigenvalue weighted by Gasteiger charge is -2.15. The predicted octanol–water partition coefficient (Wildman–Crippen LogP) is 2.67. The smallest absolute Gasteiger partial charge is 0.232 e. The number of nitrogens with zero attached hydrogens (tertiary/aromatic N) is 2. The van der Waals surface area contributed by atoms with Crippen molar-refractivity contribution >= 4 is 31.5 Å². The molecule has 0 N–H and O–H groups in total. The lowest BCUT2D eigenvalue weighted by molar-refractivity contribution is -0.117. The maximum absolute atomic E-state index is 12.1. The summed E-state index contributed by atoms with van der Waals surface area (Å²) in [6.45, 7) is 0.322. The van der Waals surface area contributed by atoms with Crippen molar-refractivity contribution in [2.75, 3.05) is 17.2 Å². The van der Waals surface area contributed by atoms with Gasteiger partial charge in [0.15, 0.2) is 0 Å².